The van der Waals surface area contributed by atoms with Crippen LogP contribution in [-0.2, 0) is 6.54 Å². The van der Waals surface area contributed by atoms with Crippen LogP contribution in [-0.4, -0.2) is 42.7 Å². The maximum atomic E-state index is 12.7. The summed E-state index contributed by atoms with van der Waals surface area (Å²) in [4.78, 5) is 21.3. The molecule has 0 aliphatic heterocycles. The Morgan fingerprint density at radius 3 is 2.85 bits per heavy atom. The molecule has 8 nitrogen and oxygen atoms in total. The molecule has 3 N–H and O–H groups in total. The Bertz CT molecular complexity index is 918. The summed E-state index contributed by atoms with van der Waals surface area (Å²) >= 11 is 0. The standard InChI is InChI=1S/C19H22N6O2/c26-15-5-3-14(4-6-15)23-19(27)16-12-22-25-9-7-17(24-18(16)25)21-11-13-2-1-8-20-10-13/h1-2,7-10,12,14-15,26H,3-6,11H2,(H,21,24)(H,23,27). The lowest BCUT2D eigenvalue weighted by atomic mass is 9.93. The molecule has 1 fully saturated rings. The van der Waals surface area contributed by atoms with Crippen molar-refractivity contribution < 1.29 is 9.90 Å². The predicted octanol–water partition coefficient (Wildman–Crippen LogP) is 1.77. The minimum atomic E-state index is -0.245. The summed E-state index contributed by atoms with van der Waals surface area (Å²) in [5.41, 5.74) is 2.01. The van der Waals surface area contributed by atoms with Gasteiger partial charge in [-0.05, 0) is 43.4 Å². The van der Waals surface area contributed by atoms with Gasteiger partial charge in [-0.2, -0.15) is 5.10 Å². The number of nitrogens with one attached hydrogen (secondary N) is 2. The van der Waals surface area contributed by atoms with Gasteiger partial charge in [0.05, 0.1) is 12.3 Å². The normalized spacial score (nSPS) is 19.7. The third-order valence-corrected chi connectivity index (χ3v) is 4.84. The van der Waals surface area contributed by atoms with Gasteiger partial charge in [0, 0.05) is 31.2 Å². The SMILES string of the molecule is O=C(NC1CCC(O)CC1)c1cnn2ccc(NCc3cccnc3)nc12. The Morgan fingerprint density at radius 1 is 1.22 bits per heavy atom. The molecule has 4 rings (SSSR count). The molecule has 3 aromatic heterocycles. The highest BCUT2D eigenvalue weighted by atomic mass is 16.3. The van der Waals surface area contributed by atoms with E-state index in [1.54, 1.807) is 29.3 Å². The average Bonchev–Trinajstić information content (AvgIpc) is 3.12. The summed E-state index contributed by atoms with van der Waals surface area (Å²) in [6, 6.07) is 5.78. The monoisotopic (exact) mass is 366 g/mol. The van der Waals surface area contributed by atoms with Crippen molar-refractivity contribution in [3.8, 4) is 0 Å². The molecule has 0 spiro atoms. The molecule has 0 atom stereocenters. The number of aliphatic hydroxyl groups excluding tert-OH is 1. The zero-order valence-electron chi connectivity index (χ0n) is 14.9. The molecule has 0 saturated heterocycles. The lowest BCUT2D eigenvalue weighted by Gasteiger charge is -2.25. The number of carbonyl (C=O) groups is 1. The van der Waals surface area contributed by atoms with E-state index in [0.29, 0.717) is 23.6 Å². The Labute approximate surface area is 156 Å². The molecule has 3 heterocycles. The molecule has 3 aromatic rings. The van der Waals surface area contributed by atoms with Crippen molar-refractivity contribution in [1.29, 1.82) is 0 Å². The number of aliphatic hydroxyl groups is 1. The largest absolute Gasteiger partial charge is 0.393 e. The van der Waals surface area contributed by atoms with Crippen molar-refractivity contribution in [2.24, 2.45) is 0 Å². The first-order valence-corrected chi connectivity index (χ1v) is 9.15. The van der Waals surface area contributed by atoms with Crippen molar-refractivity contribution in [3.05, 3.63) is 54.1 Å². The second-order valence-electron chi connectivity index (χ2n) is 6.83. The zero-order chi connectivity index (χ0) is 18.6. The van der Waals surface area contributed by atoms with Crippen LogP contribution in [0.15, 0.2) is 43.0 Å². The van der Waals surface area contributed by atoms with Crippen molar-refractivity contribution in [2.45, 2.75) is 44.4 Å². The Kier molecular flexibility index (Phi) is 4.97. The molecule has 0 aromatic carbocycles. The molecule has 0 bridgehead atoms. The summed E-state index contributed by atoms with van der Waals surface area (Å²) < 4.78 is 1.59. The van der Waals surface area contributed by atoms with E-state index in [-0.39, 0.29) is 18.1 Å². The van der Waals surface area contributed by atoms with E-state index < -0.39 is 0 Å². The van der Waals surface area contributed by atoms with E-state index in [4.69, 9.17) is 0 Å². The van der Waals surface area contributed by atoms with Crippen LogP contribution in [0.25, 0.3) is 5.65 Å². The quantitative estimate of drug-likeness (QED) is 0.636. The maximum Gasteiger partial charge on any atom is 0.256 e. The zero-order valence-corrected chi connectivity index (χ0v) is 14.9. The summed E-state index contributed by atoms with van der Waals surface area (Å²) in [5, 5.41) is 20.1. The molecule has 1 aliphatic carbocycles. The number of amides is 1. The molecule has 1 aliphatic rings. The third-order valence-electron chi connectivity index (χ3n) is 4.84. The molecule has 1 amide bonds. The number of rotatable bonds is 5. The van der Waals surface area contributed by atoms with Crippen molar-refractivity contribution in [2.75, 3.05) is 5.32 Å². The van der Waals surface area contributed by atoms with Crippen LogP contribution in [0.4, 0.5) is 5.82 Å². The van der Waals surface area contributed by atoms with Gasteiger partial charge in [0.25, 0.3) is 5.91 Å². The highest BCUT2D eigenvalue weighted by molar-refractivity contribution is 5.99. The highest BCUT2D eigenvalue weighted by Gasteiger charge is 2.23. The molecule has 1 saturated carbocycles. The van der Waals surface area contributed by atoms with Crippen LogP contribution < -0.4 is 10.6 Å². The number of carbonyl (C=O) groups excluding carboxylic acids is 1. The van der Waals surface area contributed by atoms with E-state index in [0.717, 1.165) is 31.2 Å². The maximum absolute atomic E-state index is 12.7. The van der Waals surface area contributed by atoms with Gasteiger partial charge >= 0.3 is 0 Å². The number of fused-ring (bicyclic) bond motifs is 1. The van der Waals surface area contributed by atoms with E-state index >= 15 is 0 Å². The van der Waals surface area contributed by atoms with Crippen molar-refractivity contribution in [3.63, 3.8) is 0 Å². The molecule has 0 unspecified atom stereocenters. The van der Waals surface area contributed by atoms with Gasteiger partial charge in [0.1, 0.15) is 11.4 Å². The topological polar surface area (TPSA) is 104 Å². The van der Waals surface area contributed by atoms with E-state index in [9.17, 15) is 9.90 Å². The van der Waals surface area contributed by atoms with Crippen molar-refractivity contribution in [1.82, 2.24) is 24.9 Å². The first-order chi connectivity index (χ1) is 13.2. The molecule has 8 heteroatoms. The van der Waals surface area contributed by atoms with Crippen LogP contribution in [0, 0.1) is 0 Å². The number of hydrogen-bond acceptors (Lipinski definition) is 6. The second kappa shape index (κ2) is 7.71. The fourth-order valence-corrected chi connectivity index (χ4v) is 3.31. The van der Waals surface area contributed by atoms with Gasteiger partial charge in [-0.25, -0.2) is 9.50 Å². The van der Waals surface area contributed by atoms with Gasteiger partial charge in [-0.3, -0.25) is 9.78 Å². The van der Waals surface area contributed by atoms with E-state index in [2.05, 4.69) is 25.7 Å². The van der Waals surface area contributed by atoms with Gasteiger partial charge in [-0.1, -0.05) is 6.07 Å². The van der Waals surface area contributed by atoms with Gasteiger partial charge < -0.3 is 15.7 Å². The molecular weight excluding hydrogens is 344 g/mol. The average molecular weight is 366 g/mol. The highest BCUT2D eigenvalue weighted by Crippen LogP contribution is 2.19. The lowest BCUT2D eigenvalue weighted by Crippen LogP contribution is -2.38. The molecule has 140 valence electrons. The van der Waals surface area contributed by atoms with Crippen LogP contribution in [0.5, 0.6) is 0 Å². The minimum Gasteiger partial charge on any atom is -0.393 e. The molecule has 0 radical (unpaired) electrons. The van der Waals surface area contributed by atoms with Crippen LogP contribution in [0.3, 0.4) is 0 Å². The number of aromatic nitrogens is 4. The van der Waals surface area contributed by atoms with Gasteiger partial charge in [-0.15, -0.1) is 0 Å². The van der Waals surface area contributed by atoms with E-state index in [1.165, 1.54) is 0 Å². The fraction of sp³-hybridized carbons (Fsp3) is 0.368. The number of hydrogen-bond donors (Lipinski definition) is 3. The number of nitrogens with zero attached hydrogens (tertiary/aromatic N) is 4. The first-order valence-electron chi connectivity index (χ1n) is 9.15. The first kappa shape index (κ1) is 17.4. The Balaban J connectivity index is 1.47. The van der Waals surface area contributed by atoms with Gasteiger partial charge in [0.15, 0.2) is 5.65 Å². The Hall–Kier alpha value is -3.00. The summed E-state index contributed by atoms with van der Waals surface area (Å²) in [5.74, 6) is 0.491. The van der Waals surface area contributed by atoms with Gasteiger partial charge in [0.2, 0.25) is 0 Å². The summed E-state index contributed by atoms with van der Waals surface area (Å²) in [6.45, 7) is 0.594. The van der Waals surface area contributed by atoms with E-state index in [1.807, 2.05) is 18.2 Å². The summed E-state index contributed by atoms with van der Waals surface area (Å²) in [6.07, 6.45) is 9.63. The minimum absolute atomic E-state index is 0.0859. The second-order valence-corrected chi connectivity index (χ2v) is 6.83. The number of pyridine rings is 1. The molecular formula is C19H22N6O2. The third kappa shape index (κ3) is 4.06. The number of anilines is 1. The lowest BCUT2D eigenvalue weighted by molar-refractivity contribution is 0.0869. The fourth-order valence-electron chi connectivity index (χ4n) is 3.31. The van der Waals surface area contributed by atoms with Crippen LogP contribution in [0.1, 0.15) is 41.6 Å². The Morgan fingerprint density at radius 2 is 2.07 bits per heavy atom. The van der Waals surface area contributed by atoms with Crippen LogP contribution in [0.2, 0.25) is 0 Å². The van der Waals surface area contributed by atoms with Crippen LogP contribution >= 0.6 is 0 Å². The molecule has 27 heavy (non-hydrogen) atoms. The predicted molar refractivity (Wildman–Crippen MR) is 100 cm³/mol. The summed E-state index contributed by atoms with van der Waals surface area (Å²) in [7, 11) is 0. The van der Waals surface area contributed by atoms with Crippen molar-refractivity contribution >= 4 is 17.4 Å². The smallest absolute Gasteiger partial charge is 0.256 e.